The fraction of sp³-hybridized carbons (Fsp3) is 0.429. The first-order valence-corrected chi connectivity index (χ1v) is 6.66. The Labute approximate surface area is 111 Å². The second kappa shape index (κ2) is 5.01. The number of nitrogens with zero attached hydrogens (tertiary/aromatic N) is 1. The molecule has 0 bridgehead atoms. The number of nitrogens with one attached hydrogen (secondary N) is 2. The average molecular weight is 259 g/mol. The fourth-order valence-corrected chi connectivity index (χ4v) is 2.61. The summed E-state index contributed by atoms with van der Waals surface area (Å²) >= 11 is 0. The molecule has 1 aliphatic carbocycles. The highest BCUT2D eigenvalue weighted by molar-refractivity contribution is 5.97. The third-order valence-electron chi connectivity index (χ3n) is 3.73. The number of rotatable bonds is 2. The summed E-state index contributed by atoms with van der Waals surface area (Å²) in [5, 5.41) is 12.8. The van der Waals surface area contributed by atoms with Crippen LogP contribution in [-0.4, -0.2) is 33.1 Å². The number of aromatic nitrogens is 2. The number of carbonyl (C=O) groups is 1. The number of aromatic amines is 1. The Morgan fingerprint density at radius 3 is 3.05 bits per heavy atom. The van der Waals surface area contributed by atoms with Crippen molar-refractivity contribution in [3.8, 4) is 0 Å². The Hall–Kier alpha value is -1.88. The van der Waals surface area contributed by atoms with Gasteiger partial charge in [-0.15, -0.1) is 0 Å². The summed E-state index contributed by atoms with van der Waals surface area (Å²) in [6, 6.07) is 5.23. The smallest absolute Gasteiger partial charge is 0.251 e. The maximum atomic E-state index is 12.2. The van der Waals surface area contributed by atoms with Crippen molar-refractivity contribution in [1.82, 2.24) is 15.3 Å². The zero-order valence-electron chi connectivity index (χ0n) is 10.6. The maximum absolute atomic E-state index is 12.2. The third kappa shape index (κ3) is 2.46. The molecule has 100 valence electrons. The highest BCUT2D eigenvalue weighted by Crippen LogP contribution is 2.19. The number of hydrogen-bond donors (Lipinski definition) is 3. The van der Waals surface area contributed by atoms with E-state index in [9.17, 15) is 9.90 Å². The van der Waals surface area contributed by atoms with Gasteiger partial charge in [0.2, 0.25) is 0 Å². The number of amides is 1. The number of imidazole rings is 1. The van der Waals surface area contributed by atoms with Crippen molar-refractivity contribution in [1.29, 1.82) is 0 Å². The van der Waals surface area contributed by atoms with E-state index in [1.165, 1.54) is 0 Å². The molecule has 1 aliphatic rings. The molecule has 1 amide bonds. The first-order valence-electron chi connectivity index (χ1n) is 6.66. The van der Waals surface area contributed by atoms with Gasteiger partial charge in [0.1, 0.15) is 0 Å². The van der Waals surface area contributed by atoms with Crippen molar-refractivity contribution >= 4 is 16.9 Å². The third-order valence-corrected chi connectivity index (χ3v) is 3.73. The topological polar surface area (TPSA) is 78.0 Å². The van der Waals surface area contributed by atoms with Gasteiger partial charge in [-0.1, -0.05) is 12.8 Å². The molecular formula is C14H17N3O2. The summed E-state index contributed by atoms with van der Waals surface area (Å²) in [5.74, 6) is -0.137. The number of hydrogen-bond acceptors (Lipinski definition) is 3. The van der Waals surface area contributed by atoms with Gasteiger partial charge in [0, 0.05) is 5.56 Å². The maximum Gasteiger partial charge on any atom is 0.251 e. The molecule has 1 aromatic heterocycles. The van der Waals surface area contributed by atoms with Gasteiger partial charge in [-0.05, 0) is 31.0 Å². The van der Waals surface area contributed by atoms with E-state index < -0.39 is 6.10 Å². The summed E-state index contributed by atoms with van der Waals surface area (Å²) in [5.41, 5.74) is 2.28. The van der Waals surface area contributed by atoms with E-state index in [1.54, 1.807) is 18.5 Å². The van der Waals surface area contributed by atoms with Gasteiger partial charge in [-0.3, -0.25) is 4.79 Å². The fourth-order valence-electron chi connectivity index (χ4n) is 2.61. The minimum atomic E-state index is -0.423. The minimum absolute atomic E-state index is 0.126. The zero-order chi connectivity index (χ0) is 13.2. The van der Waals surface area contributed by atoms with Crippen LogP contribution in [0.25, 0.3) is 11.0 Å². The largest absolute Gasteiger partial charge is 0.391 e. The van der Waals surface area contributed by atoms with Gasteiger partial charge in [0.05, 0.1) is 29.5 Å². The minimum Gasteiger partial charge on any atom is -0.391 e. The van der Waals surface area contributed by atoms with E-state index in [0.29, 0.717) is 5.56 Å². The van der Waals surface area contributed by atoms with Crippen LogP contribution in [0.5, 0.6) is 0 Å². The Morgan fingerprint density at radius 1 is 1.37 bits per heavy atom. The van der Waals surface area contributed by atoms with Crippen LogP contribution in [0.1, 0.15) is 36.0 Å². The van der Waals surface area contributed by atoms with E-state index in [0.717, 1.165) is 36.7 Å². The van der Waals surface area contributed by atoms with Crippen molar-refractivity contribution in [3.05, 3.63) is 30.1 Å². The molecule has 1 fully saturated rings. The number of benzene rings is 1. The first kappa shape index (κ1) is 12.2. The lowest BCUT2D eigenvalue weighted by atomic mass is 9.92. The standard InChI is InChI=1S/C14H17N3O2/c18-13-4-2-1-3-11(13)17-14(19)9-5-6-10-12(7-9)16-8-15-10/h5-8,11,13,18H,1-4H2,(H,15,16)(H,17,19). The van der Waals surface area contributed by atoms with Gasteiger partial charge in [-0.2, -0.15) is 0 Å². The second-order valence-electron chi connectivity index (χ2n) is 5.07. The van der Waals surface area contributed by atoms with Crippen molar-refractivity contribution in [3.63, 3.8) is 0 Å². The van der Waals surface area contributed by atoms with Crippen molar-refractivity contribution in [2.75, 3.05) is 0 Å². The molecule has 2 atom stereocenters. The first-order chi connectivity index (χ1) is 9.24. The number of fused-ring (bicyclic) bond motifs is 1. The lowest BCUT2D eigenvalue weighted by Crippen LogP contribution is -2.45. The van der Waals surface area contributed by atoms with Gasteiger partial charge in [-0.25, -0.2) is 4.98 Å². The Bertz CT molecular complexity index is 593. The molecule has 0 saturated heterocycles. The summed E-state index contributed by atoms with van der Waals surface area (Å²) in [6.07, 6.45) is 4.89. The van der Waals surface area contributed by atoms with E-state index in [-0.39, 0.29) is 11.9 Å². The molecular weight excluding hydrogens is 242 g/mol. The molecule has 1 aromatic carbocycles. The molecule has 1 saturated carbocycles. The summed E-state index contributed by atoms with van der Waals surface area (Å²) in [4.78, 5) is 19.3. The van der Waals surface area contributed by atoms with Gasteiger partial charge < -0.3 is 15.4 Å². The molecule has 3 rings (SSSR count). The lowest BCUT2D eigenvalue weighted by molar-refractivity contribution is 0.0717. The predicted octanol–water partition coefficient (Wildman–Crippen LogP) is 1.60. The van der Waals surface area contributed by atoms with Crippen molar-refractivity contribution < 1.29 is 9.90 Å². The number of carbonyl (C=O) groups excluding carboxylic acids is 1. The Kier molecular flexibility index (Phi) is 3.21. The molecule has 2 unspecified atom stereocenters. The van der Waals surface area contributed by atoms with Crippen LogP contribution in [0.4, 0.5) is 0 Å². The van der Waals surface area contributed by atoms with Crippen LogP contribution in [0.3, 0.4) is 0 Å². The van der Waals surface area contributed by atoms with E-state index >= 15 is 0 Å². The summed E-state index contributed by atoms with van der Waals surface area (Å²) in [7, 11) is 0. The second-order valence-corrected chi connectivity index (χ2v) is 5.07. The summed E-state index contributed by atoms with van der Waals surface area (Å²) < 4.78 is 0. The van der Waals surface area contributed by atoms with E-state index in [4.69, 9.17) is 0 Å². The predicted molar refractivity (Wildman–Crippen MR) is 71.8 cm³/mol. The number of aliphatic hydroxyl groups excluding tert-OH is 1. The van der Waals surface area contributed by atoms with Gasteiger partial charge in [0.15, 0.2) is 0 Å². The van der Waals surface area contributed by atoms with Gasteiger partial charge >= 0.3 is 0 Å². The average Bonchev–Trinajstić information content (AvgIpc) is 2.88. The van der Waals surface area contributed by atoms with Crippen LogP contribution >= 0.6 is 0 Å². The molecule has 5 heteroatoms. The number of aliphatic hydroxyl groups is 1. The molecule has 2 aromatic rings. The molecule has 0 aliphatic heterocycles. The monoisotopic (exact) mass is 259 g/mol. The quantitative estimate of drug-likeness (QED) is 0.766. The van der Waals surface area contributed by atoms with Crippen molar-refractivity contribution in [2.45, 2.75) is 37.8 Å². The van der Waals surface area contributed by atoms with E-state index in [1.807, 2.05) is 6.07 Å². The highest BCUT2D eigenvalue weighted by atomic mass is 16.3. The van der Waals surface area contributed by atoms with Crippen molar-refractivity contribution in [2.24, 2.45) is 0 Å². The lowest BCUT2D eigenvalue weighted by Gasteiger charge is -2.28. The zero-order valence-corrected chi connectivity index (χ0v) is 10.6. The SMILES string of the molecule is O=C(NC1CCCCC1O)c1ccc2nc[nH]c2c1. The highest BCUT2D eigenvalue weighted by Gasteiger charge is 2.24. The Balaban J connectivity index is 1.75. The van der Waals surface area contributed by atoms with Gasteiger partial charge in [0.25, 0.3) is 5.91 Å². The Morgan fingerprint density at radius 2 is 2.21 bits per heavy atom. The molecule has 0 radical (unpaired) electrons. The van der Waals surface area contributed by atoms with Crippen LogP contribution < -0.4 is 5.32 Å². The normalized spacial score (nSPS) is 23.4. The molecule has 19 heavy (non-hydrogen) atoms. The molecule has 1 heterocycles. The summed E-state index contributed by atoms with van der Waals surface area (Å²) in [6.45, 7) is 0. The van der Waals surface area contributed by atoms with E-state index in [2.05, 4.69) is 15.3 Å². The van der Waals surface area contributed by atoms with Crippen LogP contribution in [0.15, 0.2) is 24.5 Å². The van der Waals surface area contributed by atoms with Crippen LogP contribution in [0.2, 0.25) is 0 Å². The van der Waals surface area contributed by atoms with Crippen LogP contribution in [0, 0.1) is 0 Å². The van der Waals surface area contributed by atoms with Crippen LogP contribution in [-0.2, 0) is 0 Å². The molecule has 5 nitrogen and oxygen atoms in total. The number of H-pyrrole nitrogens is 1. The molecule has 0 spiro atoms. The molecule has 3 N–H and O–H groups in total.